The molecular formula is C20H27N2O5+. The van der Waals surface area contributed by atoms with Crippen molar-refractivity contribution in [3.05, 3.63) is 53.5 Å². The van der Waals surface area contributed by atoms with Gasteiger partial charge in [-0.05, 0) is 36.8 Å². The number of ether oxygens (including phenoxy) is 1. The van der Waals surface area contributed by atoms with Gasteiger partial charge in [0.25, 0.3) is 5.91 Å². The number of benzene rings is 1. The number of hydrogen-bond donors (Lipinski definition) is 2. The summed E-state index contributed by atoms with van der Waals surface area (Å²) in [5.41, 5.74) is 1.09. The molecular weight excluding hydrogens is 348 g/mol. The Bertz CT molecular complexity index is 792. The number of amides is 1. The molecule has 146 valence electrons. The number of nitrogens with zero attached hydrogens (tertiary/aromatic N) is 1. The summed E-state index contributed by atoms with van der Waals surface area (Å²) >= 11 is 0. The van der Waals surface area contributed by atoms with Crippen LogP contribution in [0.15, 0.2) is 40.8 Å². The van der Waals surface area contributed by atoms with Gasteiger partial charge >= 0.3 is 5.97 Å². The molecule has 27 heavy (non-hydrogen) atoms. The van der Waals surface area contributed by atoms with Crippen molar-refractivity contribution in [2.24, 2.45) is 0 Å². The smallest absolute Gasteiger partial charge is 0.305 e. The lowest BCUT2D eigenvalue weighted by molar-refractivity contribution is -0.871. The van der Waals surface area contributed by atoms with Gasteiger partial charge < -0.3 is 24.1 Å². The van der Waals surface area contributed by atoms with Crippen LogP contribution < -0.4 is 10.1 Å². The molecule has 1 heterocycles. The number of nitrogens with one attached hydrogen (secondary N) is 1. The molecule has 7 nitrogen and oxygen atoms in total. The van der Waals surface area contributed by atoms with E-state index < -0.39 is 17.9 Å². The zero-order chi connectivity index (χ0) is 20.0. The minimum atomic E-state index is -0.958. The van der Waals surface area contributed by atoms with E-state index in [1.165, 1.54) is 0 Å². The first-order valence-corrected chi connectivity index (χ1v) is 8.74. The highest BCUT2D eigenvalue weighted by molar-refractivity contribution is 5.92. The largest absolute Gasteiger partial charge is 0.486 e. The standard InChI is InChI=1S/C20H26N2O5/c1-14-6-5-7-16(10-14)26-13-17-8-9-18(27-17)20(25)21-15(11-19(23)24)12-22(2,3)4/h5-10,15H,11-13H2,1-4H3,(H-,21,23,24,25)/p+1/t15-/m1/s1. The summed E-state index contributed by atoms with van der Waals surface area (Å²) in [5.74, 6) is -0.0171. The van der Waals surface area contributed by atoms with Gasteiger partial charge in [0, 0.05) is 0 Å². The molecule has 1 aromatic heterocycles. The molecule has 7 heteroatoms. The first kappa shape index (κ1) is 20.5. The number of carbonyl (C=O) groups is 2. The van der Waals surface area contributed by atoms with Crippen LogP contribution in [0.1, 0.15) is 28.3 Å². The predicted octanol–water partition coefficient (Wildman–Crippen LogP) is 2.45. The first-order valence-electron chi connectivity index (χ1n) is 8.74. The van der Waals surface area contributed by atoms with E-state index in [4.69, 9.17) is 14.3 Å². The van der Waals surface area contributed by atoms with Crippen molar-refractivity contribution in [2.75, 3.05) is 27.7 Å². The average Bonchev–Trinajstić information content (AvgIpc) is 2.99. The Kier molecular flexibility index (Phi) is 6.63. The minimum absolute atomic E-state index is 0.134. The molecule has 0 radical (unpaired) electrons. The molecule has 0 unspecified atom stereocenters. The molecule has 1 amide bonds. The van der Waals surface area contributed by atoms with Gasteiger partial charge in [-0.2, -0.15) is 0 Å². The number of carboxylic acids is 1. The Morgan fingerprint density at radius 1 is 1.22 bits per heavy atom. The first-order chi connectivity index (χ1) is 12.6. The molecule has 2 aromatic rings. The number of furan rings is 1. The number of hydrogen-bond acceptors (Lipinski definition) is 4. The quantitative estimate of drug-likeness (QED) is 0.657. The van der Waals surface area contributed by atoms with Crippen LogP contribution in [0.25, 0.3) is 0 Å². The lowest BCUT2D eigenvalue weighted by atomic mass is 10.2. The van der Waals surface area contributed by atoms with Crippen LogP contribution in [0.4, 0.5) is 0 Å². The number of carboxylic acid groups (broad SMARTS) is 1. The number of rotatable bonds is 9. The van der Waals surface area contributed by atoms with Crippen molar-refractivity contribution < 1.29 is 28.3 Å². The number of carbonyl (C=O) groups excluding carboxylic acids is 1. The third kappa shape index (κ3) is 7.15. The van der Waals surface area contributed by atoms with Crippen LogP contribution >= 0.6 is 0 Å². The molecule has 2 rings (SSSR count). The van der Waals surface area contributed by atoms with Crippen molar-refractivity contribution >= 4 is 11.9 Å². The maximum Gasteiger partial charge on any atom is 0.305 e. The highest BCUT2D eigenvalue weighted by atomic mass is 16.5. The van der Waals surface area contributed by atoms with Gasteiger partial charge in [-0.25, -0.2) is 0 Å². The lowest BCUT2D eigenvalue weighted by Crippen LogP contribution is -2.49. The van der Waals surface area contributed by atoms with Crippen LogP contribution in [-0.2, 0) is 11.4 Å². The Morgan fingerprint density at radius 3 is 2.59 bits per heavy atom. The number of aryl methyl sites for hydroxylation is 1. The van der Waals surface area contributed by atoms with E-state index in [9.17, 15) is 9.59 Å². The van der Waals surface area contributed by atoms with Gasteiger partial charge in [0.2, 0.25) is 0 Å². The zero-order valence-corrected chi connectivity index (χ0v) is 16.2. The zero-order valence-electron chi connectivity index (χ0n) is 16.2. The Labute approximate surface area is 159 Å². The van der Waals surface area contributed by atoms with Gasteiger partial charge in [0.1, 0.15) is 18.1 Å². The van der Waals surface area contributed by atoms with Gasteiger partial charge in [0.05, 0.1) is 40.2 Å². The Hall–Kier alpha value is -2.80. The topological polar surface area (TPSA) is 88.8 Å². The summed E-state index contributed by atoms with van der Waals surface area (Å²) in [6.07, 6.45) is -0.148. The van der Waals surface area contributed by atoms with Crippen molar-refractivity contribution in [1.82, 2.24) is 5.32 Å². The van der Waals surface area contributed by atoms with Crippen molar-refractivity contribution in [3.8, 4) is 5.75 Å². The maximum atomic E-state index is 12.4. The summed E-state index contributed by atoms with van der Waals surface area (Å²) in [4.78, 5) is 23.5. The fraction of sp³-hybridized carbons (Fsp3) is 0.400. The van der Waals surface area contributed by atoms with E-state index in [-0.39, 0.29) is 18.8 Å². The third-order valence-corrected chi connectivity index (χ3v) is 3.78. The van der Waals surface area contributed by atoms with E-state index >= 15 is 0 Å². The second-order valence-corrected chi connectivity index (χ2v) is 7.61. The van der Waals surface area contributed by atoms with Crippen LogP contribution in [0.5, 0.6) is 5.75 Å². The van der Waals surface area contributed by atoms with Crippen LogP contribution in [-0.4, -0.2) is 55.2 Å². The fourth-order valence-electron chi connectivity index (χ4n) is 2.73. The van der Waals surface area contributed by atoms with Gasteiger partial charge in [-0.3, -0.25) is 9.59 Å². The number of likely N-dealkylation sites (N-methyl/N-ethyl adjacent to an activating group) is 1. The summed E-state index contributed by atoms with van der Waals surface area (Å²) in [7, 11) is 5.82. The SMILES string of the molecule is Cc1cccc(OCc2ccc(C(=O)N[C@H](CC(=O)O)C[N+](C)(C)C)o2)c1. The molecule has 2 N–H and O–H groups in total. The summed E-state index contributed by atoms with van der Waals surface area (Å²) < 4.78 is 11.7. The van der Waals surface area contributed by atoms with Crippen molar-refractivity contribution in [2.45, 2.75) is 26.0 Å². The van der Waals surface area contributed by atoms with E-state index in [1.807, 2.05) is 52.3 Å². The molecule has 0 bridgehead atoms. The van der Waals surface area contributed by atoms with E-state index in [0.717, 1.165) is 11.3 Å². The third-order valence-electron chi connectivity index (χ3n) is 3.78. The normalized spacial score (nSPS) is 12.4. The maximum absolute atomic E-state index is 12.4. The van der Waals surface area contributed by atoms with Crippen LogP contribution in [0.2, 0.25) is 0 Å². The van der Waals surface area contributed by atoms with Crippen molar-refractivity contribution in [1.29, 1.82) is 0 Å². The summed E-state index contributed by atoms with van der Waals surface area (Å²) in [6, 6.07) is 10.4. The van der Waals surface area contributed by atoms with E-state index in [2.05, 4.69) is 5.32 Å². The minimum Gasteiger partial charge on any atom is -0.486 e. The molecule has 0 saturated carbocycles. The Morgan fingerprint density at radius 2 is 1.96 bits per heavy atom. The Balaban J connectivity index is 1.96. The van der Waals surface area contributed by atoms with Crippen molar-refractivity contribution in [3.63, 3.8) is 0 Å². The number of quaternary nitrogens is 1. The van der Waals surface area contributed by atoms with Crippen LogP contribution in [0.3, 0.4) is 0 Å². The molecule has 0 aliphatic heterocycles. The highest BCUT2D eigenvalue weighted by Gasteiger charge is 2.24. The molecule has 1 atom stereocenters. The number of aliphatic carboxylic acids is 1. The average molecular weight is 375 g/mol. The second-order valence-electron chi connectivity index (χ2n) is 7.61. The highest BCUT2D eigenvalue weighted by Crippen LogP contribution is 2.16. The molecule has 0 saturated heterocycles. The summed E-state index contributed by atoms with van der Waals surface area (Å²) in [5, 5.41) is 11.8. The van der Waals surface area contributed by atoms with E-state index in [1.54, 1.807) is 12.1 Å². The van der Waals surface area contributed by atoms with Crippen LogP contribution in [0, 0.1) is 6.92 Å². The lowest BCUT2D eigenvalue weighted by Gasteiger charge is -2.28. The molecule has 0 spiro atoms. The predicted molar refractivity (Wildman–Crippen MR) is 101 cm³/mol. The van der Waals surface area contributed by atoms with Gasteiger partial charge in [-0.1, -0.05) is 12.1 Å². The van der Waals surface area contributed by atoms with Gasteiger partial charge in [0.15, 0.2) is 5.76 Å². The molecule has 1 aromatic carbocycles. The summed E-state index contributed by atoms with van der Waals surface area (Å²) in [6.45, 7) is 2.67. The molecule has 0 fully saturated rings. The molecule has 0 aliphatic carbocycles. The van der Waals surface area contributed by atoms with E-state index in [0.29, 0.717) is 16.8 Å². The second kappa shape index (κ2) is 8.73. The molecule has 0 aliphatic rings. The fourth-order valence-corrected chi connectivity index (χ4v) is 2.73. The van der Waals surface area contributed by atoms with Gasteiger partial charge in [-0.15, -0.1) is 0 Å². The monoisotopic (exact) mass is 375 g/mol.